The molecule has 0 fully saturated rings. The molecule has 3 N–H and O–H groups in total. The standard InChI is InChI=1S/C10H12O2.C10H14O/c1-2-3-8-4-5-10(12)9(6-8)7-11;1-7(2)9-5-4-8(3)6-10(9)11/h2,4-6,11-12H,1,3,7H2;4-7,11H,1-3H3. The van der Waals surface area contributed by atoms with Crippen molar-refractivity contribution in [2.75, 3.05) is 0 Å². The number of allylic oxidation sites excluding steroid dienone is 1. The summed E-state index contributed by atoms with van der Waals surface area (Å²) in [7, 11) is 0. The molecule has 0 saturated heterocycles. The Bertz CT molecular complexity index is 645. The molecule has 2 aromatic rings. The Morgan fingerprint density at radius 3 is 2.26 bits per heavy atom. The van der Waals surface area contributed by atoms with Gasteiger partial charge in [-0.15, -0.1) is 6.58 Å². The van der Waals surface area contributed by atoms with Crippen LogP contribution in [0.5, 0.6) is 11.5 Å². The maximum atomic E-state index is 9.46. The number of hydrogen-bond donors (Lipinski definition) is 3. The molecule has 0 atom stereocenters. The second-order valence-corrected chi connectivity index (χ2v) is 5.83. The van der Waals surface area contributed by atoms with Crippen molar-refractivity contribution in [3.8, 4) is 11.5 Å². The third kappa shape index (κ3) is 5.80. The molecule has 0 unspecified atom stereocenters. The van der Waals surface area contributed by atoms with Crippen molar-refractivity contribution in [2.24, 2.45) is 0 Å². The molecule has 124 valence electrons. The predicted molar refractivity (Wildman–Crippen MR) is 94.9 cm³/mol. The molecule has 2 aromatic carbocycles. The zero-order valence-corrected chi connectivity index (χ0v) is 14.1. The molecule has 0 aliphatic carbocycles. The maximum Gasteiger partial charge on any atom is 0.121 e. The van der Waals surface area contributed by atoms with Crippen molar-refractivity contribution in [1.82, 2.24) is 0 Å². The Kier molecular flexibility index (Phi) is 7.36. The molecular weight excluding hydrogens is 288 g/mol. The summed E-state index contributed by atoms with van der Waals surface area (Å²) < 4.78 is 0. The molecule has 0 spiro atoms. The molecule has 0 bridgehead atoms. The summed E-state index contributed by atoms with van der Waals surface area (Å²) in [5.74, 6) is 0.959. The average molecular weight is 314 g/mol. The van der Waals surface area contributed by atoms with E-state index in [1.807, 2.05) is 25.1 Å². The van der Waals surface area contributed by atoms with E-state index in [-0.39, 0.29) is 12.4 Å². The Balaban J connectivity index is 0.000000231. The Labute approximate surface area is 138 Å². The first-order valence-electron chi connectivity index (χ1n) is 7.71. The van der Waals surface area contributed by atoms with E-state index >= 15 is 0 Å². The number of aromatic hydroxyl groups is 2. The van der Waals surface area contributed by atoms with E-state index in [4.69, 9.17) is 5.11 Å². The summed E-state index contributed by atoms with van der Waals surface area (Å²) in [6.07, 6.45) is 2.54. The number of aliphatic hydroxyl groups is 1. The van der Waals surface area contributed by atoms with Gasteiger partial charge in [0.05, 0.1) is 6.61 Å². The molecule has 0 aliphatic rings. The largest absolute Gasteiger partial charge is 0.508 e. The first kappa shape index (κ1) is 18.8. The first-order valence-corrected chi connectivity index (χ1v) is 7.71. The number of benzene rings is 2. The summed E-state index contributed by atoms with van der Waals surface area (Å²) in [4.78, 5) is 0. The van der Waals surface area contributed by atoms with Crippen LogP contribution in [0.1, 0.15) is 42.0 Å². The summed E-state index contributed by atoms with van der Waals surface area (Å²) >= 11 is 0. The highest BCUT2D eigenvalue weighted by Gasteiger charge is 2.04. The van der Waals surface area contributed by atoms with Gasteiger partial charge in [0.15, 0.2) is 0 Å². The van der Waals surface area contributed by atoms with Crippen LogP contribution in [0.4, 0.5) is 0 Å². The van der Waals surface area contributed by atoms with Gasteiger partial charge in [-0.3, -0.25) is 0 Å². The topological polar surface area (TPSA) is 60.7 Å². The summed E-state index contributed by atoms with van der Waals surface area (Å²) in [5, 5.41) is 27.5. The van der Waals surface area contributed by atoms with E-state index in [0.29, 0.717) is 17.2 Å². The van der Waals surface area contributed by atoms with Crippen LogP contribution in [-0.2, 0) is 13.0 Å². The minimum Gasteiger partial charge on any atom is -0.508 e. The minimum absolute atomic E-state index is 0.128. The second-order valence-electron chi connectivity index (χ2n) is 5.83. The smallest absolute Gasteiger partial charge is 0.121 e. The molecule has 0 aliphatic heterocycles. The van der Waals surface area contributed by atoms with Crippen molar-refractivity contribution in [1.29, 1.82) is 0 Å². The highest BCUT2D eigenvalue weighted by molar-refractivity contribution is 5.38. The van der Waals surface area contributed by atoms with E-state index in [2.05, 4.69) is 20.4 Å². The third-order valence-corrected chi connectivity index (χ3v) is 3.50. The van der Waals surface area contributed by atoms with E-state index in [0.717, 1.165) is 23.1 Å². The normalized spacial score (nSPS) is 10.1. The van der Waals surface area contributed by atoms with Crippen LogP contribution in [0, 0.1) is 6.92 Å². The fourth-order valence-electron chi connectivity index (χ4n) is 2.20. The zero-order valence-electron chi connectivity index (χ0n) is 14.1. The summed E-state index contributed by atoms with van der Waals surface area (Å²) in [6, 6.07) is 11.0. The van der Waals surface area contributed by atoms with E-state index in [1.54, 1.807) is 24.3 Å². The third-order valence-electron chi connectivity index (χ3n) is 3.50. The van der Waals surface area contributed by atoms with Crippen molar-refractivity contribution in [3.05, 3.63) is 71.3 Å². The molecule has 3 nitrogen and oxygen atoms in total. The Morgan fingerprint density at radius 2 is 1.74 bits per heavy atom. The maximum absolute atomic E-state index is 9.46. The van der Waals surface area contributed by atoms with Crippen LogP contribution in [0.25, 0.3) is 0 Å². The van der Waals surface area contributed by atoms with Crippen molar-refractivity contribution in [3.63, 3.8) is 0 Å². The Hall–Kier alpha value is -2.26. The molecular formula is C20H26O3. The van der Waals surface area contributed by atoms with Crippen LogP contribution in [0.15, 0.2) is 49.1 Å². The van der Waals surface area contributed by atoms with Gasteiger partial charge in [0, 0.05) is 5.56 Å². The van der Waals surface area contributed by atoms with Crippen molar-refractivity contribution in [2.45, 2.75) is 39.7 Å². The van der Waals surface area contributed by atoms with Gasteiger partial charge in [-0.05, 0) is 54.2 Å². The van der Waals surface area contributed by atoms with Gasteiger partial charge in [-0.1, -0.05) is 38.1 Å². The van der Waals surface area contributed by atoms with Gasteiger partial charge in [-0.2, -0.15) is 0 Å². The van der Waals surface area contributed by atoms with Gasteiger partial charge in [0.25, 0.3) is 0 Å². The minimum atomic E-state index is -0.128. The number of phenols is 2. The second kappa shape index (κ2) is 9.01. The molecule has 3 heteroatoms. The Morgan fingerprint density at radius 1 is 1.04 bits per heavy atom. The zero-order chi connectivity index (χ0) is 17.4. The van der Waals surface area contributed by atoms with Gasteiger partial charge in [-0.25, -0.2) is 0 Å². The molecule has 0 aromatic heterocycles. The van der Waals surface area contributed by atoms with Crippen molar-refractivity contribution >= 4 is 0 Å². The quantitative estimate of drug-likeness (QED) is 0.731. The van der Waals surface area contributed by atoms with E-state index in [1.165, 1.54) is 0 Å². The highest BCUT2D eigenvalue weighted by atomic mass is 16.3. The molecule has 0 radical (unpaired) electrons. The number of aryl methyl sites for hydroxylation is 1. The molecule has 0 amide bonds. The fraction of sp³-hybridized carbons (Fsp3) is 0.300. The molecule has 2 rings (SSSR count). The monoisotopic (exact) mass is 314 g/mol. The lowest BCUT2D eigenvalue weighted by molar-refractivity contribution is 0.275. The van der Waals surface area contributed by atoms with Crippen LogP contribution in [0.2, 0.25) is 0 Å². The average Bonchev–Trinajstić information content (AvgIpc) is 2.49. The van der Waals surface area contributed by atoms with Gasteiger partial charge in [0.2, 0.25) is 0 Å². The van der Waals surface area contributed by atoms with Gasteiger partial charge in [0.1, 0.15) is 11.5 Å². The van der Waals surface area contributed by atoms with Crippen molar-refractivity contribution < 1.29 is 15.3 Å². The summed E-state index contributed by atoms with van der Waals surface area (Å²) in [5.41, 5.74) is 3.74. The number of hydrogen-bond acceptors (Lipinski definition) is 3. The van der Waals surface area contributed by atoms with E-state index < -0.39 is 0 Å². The molecule has 0 saturated carbocycles. The lowest BCUT2D eigenvalue weighted by atomic mass is 10.0. The molecule has 23 heavy (non-hydrogen) atoms. The predicted octanol–water partition coefficient (Wildman–Crippen LogP) is 4.44. The lowest BCUT2D eigenvalue weighted by Crippen LogP contribution is -1.87. The first-order chi connectivity index (χ1) is 10.9. The van der Waals surface area contributed by atoms with Gasteiger partial charge < -0.3 is 15.3 Å². The van der Waals surface area contributed by atoms with Crippen LogP contribution >= 0.6 is 0 Å². The lowest BCUT2D eigenvalue weighted by Gasteiger charge is -2.07. The highest BCUT2D eigenvalue weighted by Crippen LogP contribution is 2.25. The number of aliphatic hydroxyl groups excluding tert-OH is 1. The van der Waals surface area contributed by atoms with Gasteiger partial charge >= 0.3 is 0 Å². The van der Waals surface area contributed by atoms with E-state index in [9.17, 15) is 10.2 Å². The SMILES string of the molecule is C=CCc1ccc(O)c(CO)c1.Cc1ccc(C(C)C)c(O)c1. The molecule has 0 heterocycles. The number of phenolic OH excluding ortho intramolecular Hbond substituents is 1. The fourth-order valence-corrected chi connectivity index (χ4v) is 2.20. The van der Waals surface area contributed by atoms with Crippen LogP contribution < -0.4 is 0 Å². The van der Waals surface area contributed by atoms with Crippen LogP contribution in [-0.4, -0.2) is 15.3 Å². The van der Waals surface area contributed by atoms with Crippen LogP contribution in [0.3, 0.4) is 0 Å². The summed E-state index contributed by atoms with van der Waals surface area (Å²) in [6.45, 7) is 9.60. The number of rotatable bonds is 4.